The Morgan fingerprint density at radius 1 is 0.871 bits per heavy atom. The van der Waals surface area contributed by atoms with Crippen molar-refractivity contribution in [2.75, 3.05) is 37.6 Å². The van der Waals surface area contributed by atoms with Crippen LogP contribution in [-0.4, -0.2) is 43.7 Å². The van der Waals surface area contributed by atoms with Crippen molar-refractivity contribution in [1.29, 1.82) is 0 Å². The zero-order valence-corrected chi connectivity index (χ0v) is 17.7. The average Bonchev–Trinajstić information content (AvgIpc) is 2.84. The first kappa shape index (κ1) is 20.9. The highest BCUT2D eigenvalue weighted by molar-refractivity contribution is 5.73. The molecular formula is C26H29N3O2. The van der Waals surface area contributed by atoms with Gasteiger partial charge in [0.2, 0.25) is 0 Å². The lowest BCUT2D eigenvalue weighted by molar-refractivity contribution is 0.0942. The van der Waals surface area contributed by atoms with E-state index in [1.807, 2.05) is 36.4 Å². The molecule has 0 saturated carbocycles. The van der Waals surface area contributed by atoms with E-state index in [1.165, 1.54) is 22.4 Å². The largest absolute Gasteiger partial charge is 0.445 e. The molecule has 0 bridgehead atoms. The Kier molecular flexibility index (Phi) is 6.85. The minimum atomic E-state index is -0.244. The summed E-state index contributed by atoms with van der Waals surface area (Å²) in [5.74, 6) is 0. The van der Waals surface area contributed by atoms with E-state index in [1.54, 1.807) is 4.90 Å². The molecule has 1 amide bonds. The Labute approximate surface area is 184 Å². The van der Waals surface area contributed by atoms with Gasteiger partial charge in [0.15, 0.2) is 0 Å². The molecule has 1 heterocycles. The summed E-state index contributed by atoms with van der Waals surface area (Å²) in [5.41, 5.74) is 11.7. The SMILES string of the molecule is NCCc1ccc(N2CCN(C(=O)OCc3ccccc3)CC2)cc1-c1ccccc1. The van der Waals surface area contributed by atoms with E-state index >= 15 is 0 Å². The lowest BCUT2D eigenvalue weighted by atomic mass is 9.96. The maximum absolute atomic E-state index is 12.4. The topological polar surface area (TPSA) is 58.8 Å². The molecule has 0 spiro atoms. The van der Waals surface area contributed by atoms with E-state index in [4.69, 9.17) is 10.5 Å². The number of carbonyl (C=O) groups is 1. The van der Waals surface area contributed by atoms with Crippen molar-refractivity contribution in [3.05, 3.63) is 90.0 Å². The van der Waals surface area contributed by atoms with Crippen LogP contribution >= 0.6 is 0 Å². The minimum Gasteiger partial charge on any atom is -0.445 e. The van der Waals surface area contributed by atoms with E-state index in [0.29, 0.717) is 26.2 Å². The van der Waals surface area contributed by atoms with Gasteiger partial charge in [-0.05, 0) is 47.4 Å². The molecule has 2 N–H and O–H groups in total. The van der Waals surface area contributed by atoms with Gasteiger partial charge in [0.05, 0.1) is 0 Å². The highest BCUT2D eigenvalue weighted by atomic mass is 16.6. The predicted molar refractivity (Wildman–Crippen MR) is 125 cm³/mol. The Balaban J connectivity index is 1.40. The number of benzene rings is 3. The Bertz CT molecular complexity index is 984. The number of amides is 1. The molecule has 1 aliphatic heterocycles. The summed E-state index contributed by atoms with van der Waals surface area (Å²) in [6.45, 7) is 3.80. The van der Waals surface area contributed by atoms with Crippen LogP contribution in [0.5, 0.6) is 0 Å². The lowest BCUT2D eigenvalue weighted by Gasteiger charge is -2.35. The van der Waals surface area contributed by atoms with Gasteiger partial charge in [-0.3, -0.25) is 0 Å². The van der Waals surface area contributed by atoms with Crippen LogP contribution in [-0.2, 0) is 17.8 Å². The molecule has 1 fully saturated rings. The van der Waals surface area contributed by atoms with Crippen molar-refractivity contribution in [1.82, 2.24) is 4.90 Å². The van der Waals surface area contributed by atoms with Crippen LogP contribution in [0.25, 0.3) is 11.1 Å². The van der Waals surface area contributed by atoms with Gasteiger partial charge in [-0.2, -0.15) is 0 Å². The lowest BCUT2D eigenvalue weighted by Crippen LogP contribution is -2.49. The monoisotopic (exact) mass is 415 g/mol. The Morgan fingerprint density at radius 3 is 2.23 bits per heavy atom. The van der Waals surface area contributed by atoms with Crippen LogP contribution < -0.4 is 10.6 Å². The van der Waals surface area contributed by atoms with Gasteiger partial charge in [0, 0.05) is 31.9 Å². The molecule has 160 valence electrons. The van der Waals surface area contributed by atoms with Crippen molar-refractivity contribution in [2.24, 2.45) is 5.73 Å². The second-order valence-corrected chi connectivity index (χ2v) is 7.76. The number of hydrogen-bond donors (Lipinski definition) is 1. The van der Waals surface area contributed by atoms with Gasteiger partial charge >= 0.3 is 6.09 Å². The quantitative estimate of drug-likeness (QED) is 0.652. The Morgan fingerprint density at radius 2 is 1.55 bits per heavy atom. The van der Waals surface area contributed by atoms with E-state index < -0.39 is 0 Å². The number of rotatable bonds is 6. The number of hydrogen-bond acceptors (Lipinski definition) is 4. The molecular weight excluding hydrogens is 386 g/mol. The number of anilines is 1. The highest BCUT2D eigenvalue weighted by Crippen LogP contribution is 2.29. The van der Waals surface area contributed by atoms with E-state index in [0.717, 1.165) is 25.1 Å². The fraction of sp³-hybridized carbons (Fsp3) is 0.269. The molecule has 3 aromatic carbocycles. The third-order valence-electron chi connectivity index (χ3n) is 5.70. The summed E-state index contributed by atoms with van der Waals surface area (Å²) >= 11 is 0. The Hall–Kier alpha value is -3.31. The zero-order valence-electron chi connectivity index (χ0n) is 17.7. The second kappa shape index (κ2) is 10.1. The molecule has 0 atom stereocenters. The molecule has 5 nitrogen and oxygen atoms in total. The average molecular weight is 416 g/mol. The number of ether oxygens (including phenoxy) is 1. The maximum Gasteiger partial charge on any atom is 0.410 e. The third kappa shape index (κ3) is 5.25. The first-order chi connectivity index (χ1) is 15.2. The smallest absolute Gasteiger partial charge is 0.410 e. The van der Waals surface area contributed by atoms with E-state index in [-0.39, 0.29) is 6.09 Å². The van der Waals surface area contributed by atoms with Gasteiger partial charge in [-0.15, -0.1) is 0 Å². The number of carbonyl (C=O) groups excluding carboxylic acids is 1. The fourth-order valence-corrected chi connectivity index (χ4v) is 3.98. The molecule has 0 aromatic heterocycles. The van der Waals surface area contributed by atoms with Crippen molar-refractivity contribution < 1.29 is 9.53 Å². The number of nitrogens with two attached hydrogens (primary N) is 1. The van der Waals surface area contributed by atoms with Crippen molar-refractivity contribution in [3.63, 3.8) is 0 Å². The first-order valence-corrected chi connectivity index (χ1v) is 10.8. The predicted octanol–water partition coefficient (Wildman–Crippen LogP) is 4.31. The molecule has 4 rings (SSSR count). The van der Waals surface area contributed by atoms with Crippen LogP contribution in [0, 0.1) is 0 Å². The molecule has 5 heteroatoms. The number of nitrogens with zero attached hydrogens (tertiary/aromatic N) is 2. The van der Waals surface area contributed by atoms with Gasteiger partial charge in [-0.1, -0.05) is 66.7 Å². The molecule has 0 radical (unpaired) electrons. The zero-order chi connectivity index (χ0) is 21.5. The van der Waals surface area contributed by atoms with Gasteiger partial charge in [0.25, 0.3) is 0 Å². The van der Waals surface area contributed by atoms with Gasteiger partial charge < -0.3 is 20.3 Å². The van der Waals surface area contributed by atoms with Crippen LogP contribution in [0.3, 0.4) is 0 Å². The summed E-state index contributed by atoms with van der Waals surface area (Å²) in [6, 6.07) is 26.8. The molecule has 1 aliphatic rings. The van der Waals surface area contributed by atoms with E-state index in [2.05, 4.69) is 47.4 Å². The molecule has 1 saturated heterocycles. The fourth-order valence-electron chi connectivity index (χ4n) is 3.98. The standard InChI is InChI=1S/C26H29N3O2/c27-14-13-23-11-12-24(19-25(23)22-9-5-2-6-10-22)28-15-17-29(18-16-28)26(30)31-20-21-7-3-1-4-8-21/h1-12,19H,13-18,20,27H2. The van der Waals surface area contributed by atoms with E-state index in [9.17, 15) is 4.79 Å². The van der Waals surface area contributed by atoms with Gasteiger partial charge in [-0.25, -0.2) is 4.79 Å². The van der Waals surface area contributed by atoms with Crippen LogP contribution in [0.15, 0.2) is 78.9 Å². The van der Waals surface area contributed by atoms with Crippen LogP contribution in [0.4, 0.5) is 10.5 Å². The van der Waals surface area contributed by atoms with Crippen LogP contribution in [0.2, 0.25) is 0 Å². The summed E-state index contributed by atoms with van der Waals surface area (Å²) < 4.78 is 5.48. The highest BCUT2D eigenvalue weighted by Gasteiger charge is 2.23. The summed E-state index contributed by atoms with van der Waals surface area (Å²) in [5, 5.41) is 0. The minimum absolute atomic E-state index is 0.244. The normalized spacial score (nSPS) is 13.8. The van der Waals surface area contributed by atoms with Crippen molar-refractivity contribution in [2.45, 2.75) is 13.0 Å². The van der Waals surface area contributed by atoms with Crippen LogP contribution in [0.1, 0.15) is 11.1 Å². The molecule has 0 unspecified atom stereocenters. The summed E-state index contributed by atoms with van der Waals surface area (Å²) in [7, 11) is 0. The number of piperazine rings is 1. The molecule has 31 heavy (non-hydrogen) atoms. The van der Waals surface area contributed by atoms with Gasteiger partial charge in [0.1, 0.15) is 6.61 Å². The maximum atomic E-state index is 12.4. The van der Waals surface area contributed by atoms with Crippen molar-refractivity contribution in [3.8, 4) is 11.1 Å². The van der Waals surface area contributed by atoms with Crippen molar-refractivity contribution >= 4 is 11.8 Å². The summed E-state index contributed by atoms with van der Waals surface area (Å²) in [4.78, 5) is 16.6. The third-order valence-corrected chi connectivity index (χ3v) is 5.70. The molecule has 3 aromatic rings. The first-order valence-electron chi connectivity index (χ1n) is 10.8. The summed E-state index contributed by atoms with van der Waals surface area (Å²) in [6.07, 6.45) is 0.609. The second-order valence-electron chi connectivity index (χ2n) is 7.76. The molecule has 0 aliphatic carbocycles.